The lowest BCUT2D eigenvalue weighted by Gasteiger charge is -2.11. The van der Waals surface area contributed by atoms with Crippen LogP contribution in [0.15, 0.2) is 30.3 Å². The molecule has 1 nitrogen and oxygen atoms in total. The molecule has 2 heteroatoms. The Kier molecular flexibility index (Phi) is 3.30. The van der Waals surface area contributed by atoms with Crippen LogP contribution in [-0.4, -0.2) is 6.29 Å². The molecular formula is C10H11ClO. The van der Waals surface area contributed by atoms with Crippen molar-refractivity contribution in [3.8, 4) is 0 Å². The Morgan fingerprint density at radius 1 is 1.33 bits per heavy atom. The smallest absolute Gasteiger partial charge is 0.124 e. The summed E-state index contributed by atoms with van der Waals surface area (Å²) in [6, 6.07) is 9.62. The van der Waals surface area contributed by atoms with Gasteiger partial charge in [-0.15, -0.1) is 11.6 Å². The number of aldehydes is 1. The van der Waals surface area contributed by atoms with Gasteiger partial charge in [0.05, 0.1) is 5.38 Å². The maximum Gasteiger partial charge on any atom is 0.124 e. The molecule has 0 aliphatic carbocycles. The first-order valence-corrected chi connectivity index (χ1v) is 4.33. The molecule has 0 saturated carbocycles. The van der Waals surface area contributed by atoms with E-state index in [1.807, 2.05) is 37.3 Å². The van der Waals surface area contributed by atoms with E-state index in [0.717, 1.165) is 11.8 Å². The Bertz CT molecular complexity index is 245. The van der Waals surface area contributed by atoms with Crippen molar-refractivity contribution in [1.29, 1.82) is 0 Å². The highest BCUT2D eigenvalue weighted by atomic mass is 35.5. The third-order valence-corrected chi connectivity index (χ3v) is 2.44. The quantitative estimate of drug-likeness (QED) is 0.519. The Labute approximate surface area is 77.4 Å². The average Bonchev–Trinajstić information content (AvgIpc) is 2.17. The summed E-state index contributed by atoms with van der Waals surface area (Å²) in [4.78, 5) is 10.4. The van der Waals surface area contributed by atoms with E-state index < -0.39 is 0 Å². The molecule has 12 heavy (non-hydrogen) atoms. The van der Waals surface area contributed by atoms with Crippen LogP contribution in [-0.2, 0) is 4.79 Å². The van der Waals surface area contributed by atoms with Gasteiger partial charge in [0.1, 0.15) is 6.29 Å². The maximum atomic E-state index is 10.4. The van der Waals surface area contributed by atoms with Crippen molar-refractivity contribution in [1.82, 2.24) is 0 Å². The molecule has 0 fully saturated rings. The fourth-order valence-electron chi connectivity index (χ4n) is 1.01. The summed E-state index contributed by atoms with van der Waals surface area (Å²) in [6.07, 6.45) is 0.880. The third kappa shape index (κ3) is 2.08. The molecule has 1 aromatic rings. The molecule has 1 aromatic carbocycles. The molecule has 0 aliphatic heterocycles. The minimum Gasteiger partial charge on any atom is -0.303 e. The fourth-order valence-corrected chi connectivity index (χ4v) is 1.21. The first-order chi connectivity index (χ1) is 5.75. The van der Waals surface area contributed by atoms with E-state index in [0.29, 0.717) is 0 Å². The Balaban J connectivity index is 2.78. The Morgan fingerprint density at radius 2 is 1.92 bits per heavy atom. The summed E-state index contributed by atoms with van der Waals surface area (Å²) in [5.41, 5.74) is 0.999. The van der Waals surface area contributed by atoms with E-state index in [1.54, 1.807) is 0 Å². The lowest BCUT2D eigenvalue weighted by Crippen LogP contribution is -2.04. The number of hydrogen-bond acceptors (Lipinski definition) is 1. The normalized spacial score (nSPS) is 15.2. The van der Waals surface area contributed by atoms with Crippen LogP contribution in [0.2, 0.25) is 0 Å². The van der Waals surface area contributed by atoms with Crippen LogP contribution in [0.1, 0.15) is 17.9 Å². The number of benzene rings is 1. The molecule has 0 radical (unpaired) electrons. The highest BCUT2D eigenvalue weighted by Crippen LogP contribution is 2.26. The molecule has 0 aliphatic rings. The second kappa shape index (κ2) is 4.27. The highest BCUT2D eigenvalue weighted by molar-refractivity contribution is 6.21. The van der Waals surface area contributed by atoms with Gasteiger partial charge in [-0.1, -0.05) is 37.3 Å². The topological polar surface area (TPSA) is 17.1 Å². The van der Waals surface area contributed by atoms with Crippen molar-refractivity contribution < 1.29 is 4.79 Å². The van der Waals surface area contributed by atoms with Crippen LogP contribution in [0, 0.1) is 5.92 Å². The maximum absolute atomic E-state index is 10.4. The van der Waals surface area contributed by atoms with Crippen LogP contribution in [0.25, 0.3) is 0 Å². The predicted octanol–water partition coefficient (Wildman–Crippen LogP) is 2.80. The van der Waals surface area contributed by atoms with Gasteiger partial charge in [0.15, 0.2) is 0 Å². The van der Waals surface area contributed by atoms with Crippen molar-refractivity contribution >= 4 is 17.9 Å². The lowest BCUT2D eigenvalue weighted by molar-refractivity contribution is -0.110. The molecule has 0 bridgehead atoms. The van der Waals surface area contributed by atoms with Gasteiger partial charge in [-0.05, 0) is 5.56 Å². The molecule has 0 spiro atoms. The summed E-state index contributed by atoms with van der Waals surface area (Å²) in [5, 5.41) is -0.205. The van der Waals surface area contributed by atoms with Crippen LogP contribution < -0.4 is 0 Å². The molecule has 0 heterocycles. The van der Waals surface area contributed by atoms with Gasteiger partial charge in [0.2, 0.25) is 0 Å². The van der Waals surface area contributed by atoms with E-state index in [4.69, 9.17) is 11.6 Å². The van der Waals surface area contributed by atoms with Gasteiger partial charge >= 0.3 is 0 Å². The van der Waals surface area contributed by atoms with Gasteiger partial charge in [0, 0.05) is 5.92 Å². The zero-order chi connectivity index (χ0) is 8.97. The second-order valence-corrected chi connectivity index (χ2v) is 3.28. The number of rotatable bonds is 3. The first kappa shape index (κ1) is 9.27. The molecule has 0 saturated heterocycles. The van der Waals surface area contributed by atoms with E-state index in [2.05, 4.69) is 0 Å². The van der Waals surface area contributed by atoms with E-state index >= 15 is 0 Å². The lowest BCUT2D eigenvalue weighted by atomic mass is 10.0. The van der Waals surface area contributed by atoms with Gasteiger partial charge in [-0.25, -0.2) is 0 Å². The number of carbonyl (C=O) groups excluding carboxylic acids is 1. The van der Waals surface area contributed by atoms with Crippen LogP contribution in [0.3, 0.4) is 0 Å². The molecule has 0 N–H and O–H groups in total. The number of hydrogen-bond donors (Lipinski definition) is 0. The average molecular weight is 183 g/mol. The number of alkyl halides is 1. The summed E-state index contributed by atoms with van der Waals surface area (Å²) in [6.45, 7) is 1.82. The Hall–Kier alpha value is -0.820. The molecule has 2 atom stereocenters. The first-order valence-electron chi connectivity index (χ1n) is 3.90. The fraction of sp³-hybridized carbons (Fsp3) is 0.300. The van der Waals surface area contributed by atoms with Crippen LogP contribution in [0.5, 0.6) is 0 Å². The summed E-state index contributed by atoms with van der Waals surface area (Å²) >= 11 is 6.03. The molecule has 64 valence electrons. The monoisotopic (exact) mass is 182 g/mol. The largest absolute Gasteiger partial charge is 0.303 e. The van der Waals surface area contributed by atoms with E-state index in [-0.39, 0.29) is 11.3 Å². The summed E-state index contributed by atoms with van der Waals surface area (Å²) in [7, 11) is 0. The zero-order valence-electron chi connectivity index (χ0n) is 6.91. The molecule has 0 aromatic heterocycles. The minimum absolute atomic E-state index is 0.130. The predicted molar refractivity (Wildman–Crippen MR) is 50.3 cm³/mol. The summed E-state index contributed by atoms with van der Waals surface area (Å²) in [5.74, 6) is -0.130. The second-order valence-electron chi connectivity index (χ2n) is 2.81. The van der Waals surface area contributed by atoms with Crippen LogP contribution >= 0.6 is 11.6 Å². The molecule has 0 amide bonds. The van der Waals surface area contributed by atoms with Gasteiger partial charge < -0.3 is 4.79 Å². The molecule has 2 unspecified atom stereocenters. The van der Waals surface area contributed by atoms with Crippen molar-refractivity contribution in [2.24, 2.45) is 5.92 Å². The van der Waals surface area contributed by atoms with E-state index in [9.17, 15) is 4.79 Å². The van der Waals surface area contributed by atoms with Gasteiger partial charge in [0.25, 0.3) is 0 Å². The number of carbonyl (C=O) groups is 1. The molecular weight excluding hydrogens is 172 g/mol. The number of halogens is 1. The SMILES string of the molecule is CC(C=O)C(Cl)c1ccccc1. The van der Waals surface area contributed by atoms with Crippen molar-refractivity contribution in [3.05, 3.63) is 35.9 Å². The summed E-state index contributed by atoms with van der Waals surface area (Å²) < 4.78 is 0. The van der Waals surface area contributed by atoms with Crippen LogP contribution in [0.4, 0.5) is 0 Å². The standard InChI is InChI=1S/C10H11ClO/c1-8(7-12)10(11)9-5-3-2-4-6-9/h2-8,10H,1H3. The van der Waals surface area contributed by atoms with Crippen molar-refractivity contribution in [2.45, 2.75) is 12.3 Å². The Morgan fingerprint density at radius 3 is 2.42 bits per heavy atom. The molecule has 1 rings (SSSR count). The highest BCUT2D eigenvalue weighted by Gasteiger charge is 2.14. The van der Waals surface area contributed by atoms with Gasteiger partial charge in [-0.2, -0.15) is 0 Å². The third-order valence-electron chi connectivity index (χ3n) is 1.79. The zero-order valence-corrected chi connectivity index (χ0v) is 7.66. The van der Waals surface area contributed by atoms with Gasteiger partial charge in [-0.3, -0.25) is 0 Å². The van der Waals surface area contributed by atoms with Crippen molar-refractivity contribution in [3.63, 3.8) is 0 Å². The van der Waals surface area contributed by atoms with Crippen molar-refractivity contribution in [2.75, 3.05) is 0 Å². The minimum atomic E-state index is -0.205. The van der Waals surface area contributed by atoms with E-state index in [1.165, 1.54) is 0 Å².